The van der Waals surface area contributed by atoms with Crippen LogP contribution >= 0.6 is 15.9 Å². The lowest BCUT2D eigenvalue weighted by molar-refractivity contribution is 0.181. The highest BCUT2D eigenvalue weighted by molar-refractivity contribution is 9.10. The predicted octanol–water partition coefficient (Wildman–Crippen LogP) is 1.57. The number of aromatic nitrogens is 1. The standard InChI is InChI=1S/C7H9BrN2O/c1-11-4-6-5(8)2-3-7(9)10-6/h2-3H,4H2,1H3,(H2,9,10). The number of ether oxygens (including phenoxy) is 1. The highest BCUT2D eigenvalue weighted by atomic mass is 79.9. The molecule has 1 aromatic heterocycles. The molecule has 0 saturated heterocycles. The summed E-state index contributed by atoms with van der Waals surface area (Å²) >= 11 is 3.33. The third-order valence-electron chi connectivity index (χ3n) is 1.22. The van der Waals surface area contributed by atoms with Gasteiger partial charge in [-0.1, -0.05) is 0 Å². The molecule has 1 rings (SSSR count). The van der Waals surface area contributed by atoms with Crippen molar-refractivity contribution in [2.75, 3.05) is 12.8 Å². The largest absolute Gasteiger partial charge is 0.384 e. The van der Waals surface area contributed by atoms with Crippen molar-refractivity contribution < 1.29 is 4.74 Å². The predicted molar refractivity (Wildman–Crippen MR) is 47.1 cm³/mol. The molecule has 1 heterocycles. The van der Waals surface area contributed by atoms with Crippen molar-refractivity contribution in [3.8, 4) is 0 Å². The van der Waals surface area contributed by atoms with Gasteiger partial charge in [0, 0.05) is 11.6 Å². The van der Waals surface area contributed by atoms with E-state index in [0.29, 0.717) is 12.4 Å². The molecular weight excluding hydrogens is 208 g/mol. The topological polar surface area (TPSA) is 48.1 Å². The first kappa shape index (κ1) is 8.49. The molecule has 0 spiro atoms. The Morgan fingerprint density at radius 2 is 2.36 bits per heavy atom. The van der Waals surface area contributed by atoms with Gasteiger partial charge in [-0.15, -0.1) is 0 Å². The molecule has 0 saturated carbocycles. The van der Waals surface area contributed by atoms with Crippen LogP contribution < -0.4 is 5.73 Å². The van der Waals surface area contributed by atoms with Crippen LogP contribution in [-0.4, -0.2) is 12.1 Å². The lowest BCUT2D eigenvalue weighted by Crippen LogP contribution is -1.97. The molecule has 0 aliphatic rings. The SMILES string of the molecule is COCc1nc(N)ccc1Br. The smallest absolute Gasteiger partial charge is 0.123 e. The van der Waals surface area contributed by atoms with Crippen molar-refractivity contribution in [1.82, 2.24) is 4.98 Å². The van der Waals surface area contributed by atoms with Gasteiger partial charge in [-0.2, -0.15) is 0 Å². The van der Waals surface area contributed by atoms with Gasteiger partial charge in [0.1, 0.15) is 5.82 Å². The summed E-state index contributed by atoms with van der Waals surface area (Å²) in [4.78, 5) is 4.07. The Kier molecular flexibility index (Phi) is 2.84. The minimum absolute atomic E-state index is 0.478. The monoisotopic (exact) mass is 216 g/mol. The van der Waals surface area contributed by atoms with Crippen molar-refractivity contribution in [2.24, 2.45) is 0 Å². The molecular formula is C7H9BrN2O. The number of halogens is 1. The van der Waals surface area contributed by atoms with Crippen molar-refractivity contribution in [3.05, 3.63) is 22.3 Å². The average Bonchev–Trinajstić information content (AvgIpc) is 1.98. The number of anilines is 1. The van der Waals surface area contributed by atoms with Gasteiger partial charge in [-0.25, -0.2) is 4.98 Å². The Balaban J connectivity index is 2.93. The Hall–Kier alpha value is -0.610. The highest BCUT2D eigenvalue weighted by Gasteiger charge is 2.00. The maximum absolute atomic E-state index is 5.47. The van der Waals surface area contributed by atoms with Gasteiger partial charge >= 0.3 is 0 Å². The fourth-order valence-electron chi connectivity index (χ4n) is 0.739. The number of rotatable bonds is 2. The zero-order valence-corrected chi connectivity index (χ0v) is 7.76. The fourth-order valence-corrected chi connectivity index (χ4v) is 1.07. The van der Waals surface area contributed by atoms with E-state index in [9.17, 15) is 0 Å². The van der Waals surface area contributed by atoms with Crippen molar-refractivity contribution in [1.29, 1.82) is 0 Å². The first-order valence-electron chi connectivity index (χ1n) is 3.14. The van der Waals surface area contributed by atoms with Crippen LogP contribution in [0.2, 0.25) is 0 Å². The van der Waals surface area contributed by atoms with E-state index in [0.717, 1.165) is 10.2 Å². The highest BCUT2D eigenvalue weighted by Crippen LogP contribution is 2.16. The zero-order chi connectivity index (χ0) is 8.27. The molecule has 0 amide bonds. The van der Waals surface area contributed by atoms with E-state index in [1.54, 1.807) is 13.2 Å². The average molecular weight is 217 g/mol. The second-order valence-corrected chi connectivity index (χ2v) is 2.95. The summed E-state index contributed by atoms with van der Waals surface area (Å²) in [5.41, 5.74) is 6.30. The Morgan fingerprint density at radius 3 is 3.00 bits per heavy atom. The summed E-state index contributed by atoms with van der Waals surface area (Å²) < 4.78 is 5.84. The van der Waals surface area contributed by atoms with Crippen molar-refractivity contribution in [3.63, 3.8) is 0 Å². The van der Waals surface area contributed by atoms with Crippen LogP contribution in [0.4, 0.5) is 5.82 Å². The minimum Gasteiger partial charge on any atom is -0.384 e. The van der Waals surface area contributed by atoms with E-state index >= 15 is 0 Å². The molecule has 0 aliphatic carbocycles. The molecule has 3 nitrogen and oxygen atoms in total. The molecule has 0 radical (unpaired) electrons. The van der Waals surface area contributed by atoms with Gasteiger partial charge in [-0.3, -0.25) is 0 Å². The second-order valence-electron chi connectivity index (χ2n) is 2.10. The van der Waals surface area contributed by atoms with Gasteiger partial charge in [-0.05, 0) is 28.1 Å². The Labute approximate surface area is 73.7 Å². The van der Waals surface area contributed by atoms with Gasteiger partial charge < -0.3 is 10.5 Å². The quantitative estimate of drug-likeness (QED) is 0.817. The molecule has 0 unspecified atom stereocenters. The van der Waals surface area contributed by atoms with Crippen molar-refractivity contribution in [2.45, 2.75) is 6.61 Å². The third-order valence-corrected chi connectivity index (χ3v) is 1.94. The molecule has 0 fully saturated rings. The molecule has 4 heteroatoms. The van der Waals surface area contributed by atoms with Gasteiger partial charge in [0.05, 0.1) is 12.3 Å². The Bertz CT molecular complexity index is 252. The van der Waals surface area contributed by atoms with E-state index in [2.05, 4.69) is 20.9 Å². The maximum Gasteiger partial charge on any atom is 0.123 e. The summed E-state index contributed by atoms with van der Waals surface area (Å²) in [6, 6.07) is 3.60. The molecule has 11 heavy (non-hydrogen) atoms. The number of pyridine rings is 1. The zero-order valence-electron chi connectivity index (χ0n) is 6.17. The molecule has 2 N–H and O–H groups in total. The van der Waals surface area contributed by atoms with E-state index in [1.165, 1.54) is 0 Å². The summed E-state index contributed by atoms with van der Waals surface area (Å²) in [6.45, 7) is 0.478. The second kappa shape index (κ2) is 3.69. The molecule has 0 atom stereocenters. The number of methoxy groups -OCH3 is 1. The molecule has 0 aromatic carbocycles. The number of hydrogen-bond donors (Lipinski definition) is 1. The summed E-state index contributed by atoms with van der Waals surface area (Å²) in [7, 11) is 1.62. The van der Waals surface area contributed by atoms with E-state index in [4.69, 9.17) is 10.5 Å². The number of nitrogens with zero attached hydrogens (tertiary/aromatic N) is 1. The summed E-state index contributed by atoms with van der Waals surface area (Å²) in [5, 5.41) is 0. The normalized spacial score (nSPS) is 10.0. The van der Waals surface area contributed by atoms with E-state index < -0.39 is 0 Å². The fraction of sp³-hybridized carbons (Fsp3) is 0.286. The maximum atomic E-state index is 5.47. The van der Waals surface area contributed by atoms with Crippen molar-refractivity contribution >= 4 is 21.7 Å². The van der Waals surface area contributed by atoms with Crippen LogP contribution in [-0.2, 0) is 11.3 Å². The number of nitrogen functional groups attached to an aromatic ring is 1. The Morgan fingerprint density at radius 1 is 1.64 bits per heavy atom. The van der Waals surface area contributed by atoms with Gasteiger partial charge in [0.2, 0.25) is 0 Å². The van der Waals surface area contributed by atoms with Crippen LogP contribution in [0.5, 0.6) is 0 Å². The molecule has 1 aromatic rings. The van der Waals surface area contributed by atoms with Crippen LogP contribution in [0.3, 0.4) is 0 Å². The third kappa shape index (κ3) is 2.17. The van der Waals surface area contributed by atoms with Crippen LogP contribution in [0.15, 0.2) is 16.6 Å². The van der Waals surface area contributed by atoms with Gasteiger partial charge in [0.25, 0.3) is 0 Å². The summed E-state index contributed by atoms with van der Waals surface area (Å²) in [5.74, 6) is 0.514. The lowest BCUT2D eigenvalue weighted by atomic mass is 10.3. The van der Waals surface area contributed by atoms with E-state index in [1.807, 2.05) is 6.07 Å². The lowest BCUT2D eigenvalue weighted by Gasteiger charge is -2.02. The number of hydrogen-bond acceptors (Lipinski definition) is 3. The summed E-state index contributed by atoms with van der Waals surface area (Å²) in [6.07, 6.45) is 0. The van der Waals surface area contributed by atoms with E-state index in [-0.39, 0.29) is 0 Å². The van der Waals surface area contributed by atoms with Gasteiger partial charge in [0.15, 0.2) is 0 Å². The number of nitrogens with two attached hydrogens (primary N) is 1. The minimum atomic E-state index is 0.478. The first-order chi connectivity index (χ1) is 5.24. The molecule has 0 aliphatic heterocycles. The molecule has 60 valence electrons. The van der Waals surface area contributed by atoms with Crippen LogP contribution in [0, 0.1) is 0 Å². The van der Waals surface area contributed by atoms with Crippen LogP contribution in [0.25, 0.3) is 0 Å². The molecule has 0 bridgehead atoms. The first-order valence-corrected chi connectivity index (χ1v) is 3.93. The van der Waals surface area contributed by atoms with Crippen LogP contribution in [0.1, 0.15) is 5.69 Å².